The normalized spacial score (nSPS) is 17.8. The Morgan fingerprint density at radius 3 is 2.57 bits per heavy atom. The smallest absolute Gasteiger partial charge is 0.314 e. The molecule has 0 aromatic rings. The molecule has 0 aliphatic heterocycles. The van der Waals surface area contributed by atoms with Gasteiger partial charge in [-0.1, -0.05) is 32.1 Å². The summed E-state index contributed by atoms with van der Waals surface area (Å²) in [6.45, 7) is 3.46. The Balaban J connectivity index is 1.99. The number of carbonyl (C=O) groups excluding carboxylic acids is 1. The molecule has 14 heavy (non-hydrogen) atoms. The predicted octanol–water partition coefficient (Wildman–Crippen LogP) is 2.28. The lowest BCUT2D eigenvalue weighted by Gasteiger charge is -2.21. The van der Waals surface area contributed by atoms with Crippen molar-refractivity contribution in [2.75, 3.05) is 13.1 Å². The van der Waals surface area contributed by atoms with Crippen molar-refractivity contribution in [1.82, 2.24) is 10.6 Å². The summed E-state index contributed by atoms with van der Waals surface area (Å²) in [4.78, 5) is 11.1. The van der Waals surface area contributed by atoms with Crippen molar-refractivity contribution >= 4 is 6.03 Å². The van der Waals surface area contributed by atoms with Crippen LogP contribution in [0.25, 0.3) is 0 Å². The minimum atomic E-state index is -0.0247. The molecule has 1 aliphatic carbocycles. The van der Waals surface area contributed by atoms with E-state index in [0.717, 1.165) is 18.9 Å². The van der Waals surface area contributed by atoms with Crippen LogP contribution in [-0.2, 0) is 0 Å². The predicted molar refractivity (Wildman–Crippen MR) is 58.3 cm³/mol. The third-order valence-corrected chi connectivity index (χ3v) is 2.90. The van der Waals surface area contributed by atoms with Crippen molar-refractivity contribution in [2.45, 2.75) is 45.4 Å². The molecule has 1 aliphatic rings. The van der Waals surface area contributed by atoms with Gasteiger partial charge in [-0.05, 0) is 19.3 Å². The van der Waals surface area contributed by atoms with E-state index in [2.05, 4.69) is 10.6 Å². The average molecular weight is 198 g/mol. The Labute approximate surface area is 86.6 Å². The van der Waals surface area contributed by atoms with Crippen LogP contribution in [0.5, 0.6) is 0 Å². The highest BCUT2D eigenvalue weighted by Gasteiger charge is 2.12. The highest BCUT2D eigenvalue weighted by molar-refractivity contribution is 5.73. The summed E-state index contributed by atoms with van der Waals surface area (Å²) in [5.74, 6) is 0.852. The van der Waals surface area contributed by atoms with E-state index in [0.29, 0.717) is 6.54 Å². The molecule has 0 atom stereocenters. The first kappa shape index (κ1) is 11.3. The lowest BCUT2D eigenvalue weighted by Crippen LogP contribution is -2.36. The minimum absolute atomic E-state index is 0.0247. The Morgan fingerprint density at radius 2 is 1.93 bits per heavy atom. The van der Waals surface area contributed by atoms with Gasteiger partial charge in [0.05, 0.1) is 0 Å². The molecule has 3 heteroatoms. The fraction of sp³-hybridized carbons (Fsp3) is 0.909. The van der Waals surface area contributed by atoms with E-state index < -0.39 is 0 Å². The molecular formula is C11H22N2O. The molecule has 0 unspecified atom stereocenters. The zero-order valence-electron chi connectivity index (χ0n) is 9.14. The quantitative estimate of drug-likeness (QED) is 0.715. The summed E-state index contributed by atoms with van der Waals surface area (Å²) >= 11 is 0. The van der Waals surface area contributed by atoms with Crippen molar-refractivity contribution in [1.29, 1.82) is 0 Å². The summed E-state index contributed by atoms with van der Waals surface area (Å²) in [5, 5.41) is 5.61. The molecule has 0 saturated heterocycles. The molecule has 0 radical (unpaired) electrons. The van der Waals surface area contributed by atoms with Gasteiger partial charge in [0.15, 0.2) is 0 Å². The van der Waals surface area contributed by atoms with Crippen LogP contribution in [0.4, 0.5) is 4.79 Å². The maximum Gasteiger partial charge on any atom is 0.314 e. The van der Waals surface area contributed by atoms with Gasteiger partial charge in [0.1, 0.15) is 0 Å². The van der Waals surface area contributed by atoms with Crippen LogP contribution >= 0.6 is 0 Å². The van der Waals surface area contributed by atoms with Gasteiger partial charge in [-0.3, -0.25) is 0 Å². The van der Waals surface area contributed by atoms with Gasteiger partial charge in [-0.2, -0.15) is 0 Å². The van der Waals surface area contributed by atoms with Crippen LogP contribution in [0.1, 0.15) is 45.4 Å². The Bertz CT molecular complexity index is 165. The average Bonchev–Trinajstić information content (AvgIpc) is 2.20. The van der Waals surface area contributed by atoms with E-state index in [1.165, 1.54) is 32.1 Å². The molecular weight excluding hydrogens is 176 g/mol. The van der Waals surface area contributed by atoms with Crippen LogP contribution in [0, 0.1) is 5.92 Å². The lowest BCUT2D eigenvalue weighted by molar-refractivity contribution is 0.239. The summed E-state index contributed by atoms with van der Waals surface area (Å²) in [7, 11) is 0. The van der Waals surface area contributed by atoms with Crippen LogP contribution in [-0.4, -0.2) is 19.1 Å². The summed E-state index contributed by atoms with van der Waals surface area (Å²) in [6.07, 6.45) is 8.03. The van der Waals surface area contributed by atoms with Gasteiger partial charge >= 0.3 is 6.03 Å². The Kier molecular flexibility index (Phi) is 5.42. The maximum atomic E-state index is 11.1. The number of hydrogen-bond acceptors (Lipinski definition) is 1. The molecule has 1 saturated carbocycles. The van der Waals surface area contributed by atoms with Gasteiger partial charge in [0, 0.05) is 13.1 Å². The van der Waals surface area contributed by atoms with Gasteiger partial charge in [-0.15, -0.1) is 0 Å². The van der Waals surface area contributed by atoms with Crippen molar-refractivity contribution in [3.8, 4) is 0 Å². The van der Waals surface area contributed by atoms with Gasteiger partial charge < -0.3 is 10.6 Å². The number of amides is 2. The topological polar surface area (TPSA) is 41.1 Å². The first-order chi connectivity index (χ1) is 6.83. The summed E-state index contributed by atoms with van der Waals surface area (Å²) in [5.41, 5.74) is 0. The van der Waals surface area contributed by atoms with Gasteiger partial charge in [0.2, 0.25) is 0 Å². The Hall–Kier alpha value is -0.730. The van der Waals surface area contributed by atoms with E-state index in [1.807, 2.05) is 6.92 Å². The first-order valence-corrected chi connectivity index (χ1v) is 5.84. The molecule has 0 aromatic heterocycles. The molecule has 0 aromatic carbocycles. The third kappa shape index (κ3) is 4.49. The highest BCUT2D eigenvalue weighted by atomic mass is 16.2. The maximum absolute atomic E-state index is 11.1. The van der Waals surface area contributed by atoms with Crippen LogP contribution in [0.3, 0.4) is 0 Å². The number of carbonyl (C=O) groups is 1. The van der Waals surface area contributed by atoms with Crippen molar-refractivity contribution < 1.29 is 4.79 Å². The third-order valence-electron chi connectivity index (χ3n) is 2.90. The van der Waals surface area contributed by atoms with Crippen molar-refractivity contribution in [2.24, 2.45) is 5.92 Å². The molecule has 1 fully saturated rings. The molecule has 2 amide bonds. The SMILES string of the molecule is CCNC(=O)NCCC1CCCCC1. The van der Waals surface area contributed by atoms with E-state index in [1.54, 1.807) is 0 Å². The summed E-state index contributed by atoms with van der Waals surface area (Å²) in [6, 6.07) is -0.0247. The van der Waals surface area contributed by atoms with Crippen molar-refractivity contribution in [3.63, 3.8) is 0 Å². The number of hydrogen-bond donors (Lipinski definition) is 2. The lowest BCUT2D eigenvalue weighted by atomic mass is 9.87. The standard InChI is InChI=1S/C11H22N2O/c1-2-12-11(14)13-9-8-10-6-4-3-5-7-10/h10H,2-9H2,1H3,(H2,12,13,14). The summed E-state index contributed by atoms with van der Waals surface area (Å²) < 4.78 is 0. The fourth-order valence-corrected chi connectivity index (χ4v) is 2.09. The fourth-order valence-electron chi connectivity index (χ4n) is 2.09. The number of nitrogens with one attached hydrogen (secondary N) is 2. The molecule has 3 nitrogen and oxygen atoms in total. The zero-order chi connectivity index (χ0) is 10.2. The second-order valence-electron chi connectivity index (χ2n) is 4.08. The van der Waals surface area contributed by atoms with Crippen LogP contribution in [0.2, 0.25) is 0 Å². The second kappa shape index (κ2) is 6.68. The minimum Gasteiger partial charge on any atom is -0.338 e. The first-order valence-electron chi connectivity index (χ1n) is 5.84. The molecule has 0 bridgehead atoms. The van der Waals surface area contributed by atoms with Crippen LogP contribution in [0.15, 0.2) is 0 Å². The second-order valence-corrected chi connectivity index (χ2v) is 4.08. The highest BCUT2D eigenvalue weighted by Crippen LogP contribution is 2.25. The monoisotopic (exact) mass is 198 g/mol. The number of urea groups is 1. The molecule has 0 heterocycles. The Morgan fingerprint density at radius 1 is 1.21 bits per heavy atom. The van der Waals surface area contributed by atoms with Gasteiger partial charge in [-0.25, -0.2) is 4.79 Å². The number of rotatable bonds is 4. The van der Waals surface area contributed by atoms with E-state index in [4.69, 9.17) is 0 Å². The van der Waals surface area contributed by atoms with Crippen LogP contribution < -0.4 is 10.6 Å². The van der Waals surface area contributed by atoms with E-state index in [-0.39, 0.29) is 6.03 Å². The van der Waals surface area contributed by atoms with Gasteiger partial charge in [0.25, 0.3) is 0 Å². The molecule has 82 valence electrons. The molecule has 1 rings (SSSR count). The van der Waals surface area contributed by atoms with E-state index >= 15 is 0 Å². The zero-order valence-corrected chi connectivity index (χ0v) is 9.14. The van der Waals surface area contributed by atoms with Crippen molar-refractivity contribution in [3.05, 3.63) is 0 Å². The van der Waals surface area contributed by atoms with E-state index in [9.17, 15) is 4.79 Å². The molecule has 0 spiro atoms. The largest absolute Gasteiger partial charge is 0.338 e. The molecule has 2 N–H and O–H groups in total.